The van der Waals surface area contributed by atoms with Crippen LogP contribution in [0.3, 0.4) is 0 Å². The lowest BCUT2D eigenvalue weighted by Crippen LogP contribution is -2.28. The molecule has 0 aliphatic heterocycles. The number of halogens is 2. The molecule has 1 atom stereocenters. The van der Waals surface area contributed by atoms with E-state index in [4.69, 9.17) is 9.47 Å². The molecule has 5 heteroatoms. The van der Waals surface area contributed by atoms with E-state index in [2.05, 4.69) is 0 Å². The number of hydrogen-bond acceptors (Lipinski definition) is 3. The summed E-state index contributed by atoms with van der Waals surface area (Å²) in [4.78, 5) is 12.6. The fourth-order valence-electron chi connectivity index (χ4n) is 4.74. The Labute approximate surface area is 206 Å². The highest BCUT2D eigenvalue weighted by molar-refractivity contribution is 5.90. The van der Waals surface area contributed by atoms with E-state index in [1.165, 1.54) is 12.1 Å². The van der Waals surface area contributed by atoms with Gasteiger partial charge >= 0.3 is 5.97 Å². The second-order valence-electron chi connectivity index (χ2n) is 9.27. The Kier molecular flexibility index (Phi) is 8.29. The van der Waals surface area contributed by atoms with Gasteiger partial charge in [0.05, 0.1) is 11.7 Å². The molecule has 3 nitrogen and oxygen atoms in total. The predicted molar refractivity (Wildman–Crippen MR) is 133 cm³/mol. The van der Waals surface area contributed by atoms with Gasteiger partial charge in [0.25, 0.3) is 0 Å². The van der Waals surface area contributed by atoms with Gasteiger partial charge in [-0.05, 0) is 85.9 Å². The van der Waals surface area contributed by atoms with Gasteiger partial charge in [0.2, 0.25) is 0 Å². The van der Waals surface area contributed by atoms with Crippen LogP contribution in [0.2, 0.25) is 0 Å². The average molecular weight is 479 g/mol. The molecule has 0 unspecified atom stereocenters. The van der Waals surface area contributed by atoms with Crippen LogP contribution in [-0.2, 0) is 15.9 Å². The molecule has 1 fully saturated rings. The summed E-state index contributed by atoms with van der Waals surface area (Å²) in [6, 6.07) is 19.1. The Bertz CT molecular complexity index is 1100. The second-order valence-corrected chi connectivity index (χ2v) is 9.27. The van der Waals surface area contributed by atoms with Crippen molar-refractivity contribution >= 4 is 5.97 Å². The molecule has 1 aliphatic rings. The van der Waals surface area contributed by atoms with E-state index in [0.29, 0.717) is 23.3 Å². The zero-order valence-electron chi connectivity index (χ0n) is 20.3. The Morgan fingerprint density at radius 3 is 2.09 bits per heavy atom. The topological polar surface area (TPSA) is 35.5 Å². The summed E-state index contributed by atoms with van der Waals surface area (Å²) < 4.78 is 41.1. The van der Waals surface area contributed by atoms with Crippen LogP contribution in [0.25, 0.3) is 11.1 Å². The minimum absolute atomic E-state index is 0.00873. The van der Waals surface area contributed by atoms with Gasteiger partial charge in [0, 0.05) is 12.2 Å². The Hall–Kier alpha value is -3.05. The lowest BCUT2D eigenvalue weighted by Gasteiger charge is -2.28. The van der Waals surface area contributed by atoms with Crippen molar-refractivity contribution in [3.05, 3.63) is 95.1 Å². The van der Waals surface area contributed by atoms with Gasteiger partial charge in [0.1, 0.15) is 17.7 Å². The molecule has 0 spiro atoms. The molecule has 0 saturated heterocycles. The highest BCUT2D eigenvalue weighted by atomic mass is 19.1. The van der Waals surface area contributed by atoms with Crippen LogP contribution in [0.5, 0.6) is 0 Å². The van der Waals surface area contributed by atoms with Crippen LogP contribution in [0, 0.1) is 11.6 Å². The zero-order valence-corrected chi connectivity index (χ0v) is 20.3. The maximum Gasteiger partial charge on any atom is 0.338 e. The Morgan fingerprint density at radius 2 is 1.49 bits per heavy atom. The molecule has 35 heavy (non-hydrogen) atoms. The molecular formula is C30H32F2O3. The van der Waals surface area contributed by atoms with Crippen LogP contribution < -0.4 is 0 Å². The number of carbonyl (C=O) groups is 1. The van der Waals surface area contributed by atoms with E-state index in [-0.39, 0.29) is 36.1 Å². The van der Waals surface area contributed by atoms with E-state index in [1.54, 1.807) is 24.3 Å². The van der Waals surface area contributed by atoms with Crippen molar-refractivity contribution in [2.75, 3.05) is 6.61 Å². The molecule has 0 heterocycles. The molecule has 184 valence electrons. The number of ether oxygens (including phenoxy) is 2. The summed E-state index contributed by atoms with van der Waals surface area (Å²) in [5.41, 5.74) is 2.63. The zero-order chi connectivity index (χ0) is 24.8. The van der Waals surface area contributed by atoms with Crippen molar-refractivity contribution in [2.45, 2.75) is 64.1 Å². The number of hydrogen-bond donors (Lipinski definition) is 0. The molecule has 0 amide bonds. The molecule has 0 N–H and O–H groups in total. The first-order chi connectivity index (χ1) is 16.9. The number of rotatable bonds is 8. The van der Waals surface area contributed by atoms with Gasteiger partial charge in [-0.2, -0.15) is 0 Å². The third-order valence-corrected chi connectivity index (χ3v) is 6.77. The van der Waals surface area contributed by atoms with E-state index >= 15 is 0 Å². The fourth-order valence-corrected chi connectivity index (χ4v) is 4.74. The van der Waals surface area contributed by atoms with Gasteiger partial charge in [0.15, 0.2) is 0 Å². The molecule has 1 saturated carbocycles. The van der Waals surface area contributed by atoms with Crippen LogP contribution >= 0.6 is 0 Å². The first-order valence-corrected chi connectivity index (χ1v) is 12.4. The lowest BCUT2D eigenvalue weighted by atomic mass is 9.92. The largest absolute Gasteiger partial charge is 0.459 e. The van der Waals surface area contributed by atoms with E-state index in [1.807, 2.05) is 44.2 Å². The summed E-state index contributed by atoms with van der Waals surface area (Å²) in [7, 11) is 0. The smallest absolute Gasteiger partial charge is 0.338 e. The summed E-state index contributed by atoms with van der Waals surface area (Å²) in [5, 5.41) is 0. The van der Waals surface area contributed by atoms with Gasteiger partial charge < -0.3 is 9.47 Å². The van der Waals surface area contributed by atoms with Crippen molar-refractivity contribution in [3.8, 4) is 11.1 Å². The fraction of sp³-hybridized carbons (Fsp3) is 0.367. The van der Waals surface area contributed by atoms with E-state index in [9.17, 15) is 13.6 Å². The number of esters is 1. The molecule has 0 radical (unpaired) electrons. The molecule has 3 aromatic carbocycles. The standard InChI is InChI=1S/C30H32F2O3/c1-3-34-25-13-15-26(16-14-25)35-30(33)23-11-9-22(10-12-23)24-18-28(31)27(29(32)19-24)17-20(2)21-7-5-4-6-8-21/h4-12,18-20,25-26H,3,13-17H2,1-2H3/t20-,25?,26?/m0/s1. The molecule has 0 bridgehead atoms. The van der Waals surface area contributed by atoms with Gasteiger partial charge in [-0.25, -0.2) is 13.6 Å². The van der Waals surface area contributed by atoms with Crippen LogP contribution in [0.15, 0.2) is 66.7 Å². The lowest BCUT2D eigenvalue weighted by molar-refractivity contribution is -0.0163. The Balaban J connectivity index is 1.40. The van der Waals surface area contributed by atoms with Crippen LogP contribution in [0.4, 0.5) is 8.78 Å². The van der Waals surface area contributed by atoms with Crippen molar-refractivity contribution in [1.82, 2.24) is 0 Å². The molecular weight excluding hydrogens is 446 g/mol. The monoisotopic (exact) mass is 478 g/mol. The van der Waals surface area contributed by atoms with Gasteiger partial charge in [-0.3, -0.25) is 0 Å². The maximum absolute atomic E-state index is 14.9. The van der Waals surface area contributed by atoms with E-state index < -0.39 is 11.6 Å². The minimum Gasteiger partial charge on any atom is -0.459 e. The van der Waals surface area contributed by atoms with Crippen LogP contribution in [0.1, 0.15) is 66.9 Å². The van der Waals surface area contributed by atoms with Crippen LogP contribution in [-0.4, -0.2) is 24.8 Å². The summed E-state index contributed by atoms with van der Waals surface area (Å²) in [5.74, 6) is -1.51. The van der Waals surface area contributed by atoms with Crippen molar-refractivity contribution < 1.29 is 23.0 Å². The van der Waals surface area contributed by atoms with E-state index in [0.717, 1.165) is 31.2 Å². The summed E-state index contributed by atoms with van der Waals surface area (Å²) in [6.07, 6.45) is 3.80. The average Bonchev–Trinajstić information content (AvgIpc) is 2.88. The van der Waals surface area contributed by atoms with Gasteiger partial charge in [-0.1, -0.05) is 49.4 Å². The number of carbonyl (C=O) groups excluding carboxylic acids is 1. The highest BCUT2D eigenvalue weighted by Gasteiger charge is 2.24. The molecule has 1 aliphatic carbocycles. The quantitative estimate of drug-likeness (QED) is 0.315. The third-order valence-electron chi connectivity index (χ3n) is 6.77. The summed E-state index contributed by atoms with van der Waals surface area (Å²) in [6.45, 7) is 4.65. The highest BCUT2D eigenvalue weighted by Crippen LogP contribution is 2.29. The normalized spacial score (nSPS) is 18.7. The van der Waals surface area contributed by atoms with Crippen molar-refractivity contribution in [3.63, 3.8) is 0 Å². The third kappa shape index (κ3) is 6.34. The second kappa shape index (κ2) is 11.6. The first-order valence-electron chi connectivity index (χ1n) is 12.4. The Morgan fingerprint density at radius 1 is 0.886 bits per heavy atom. The van der Waals surface area contributed by atoms with Crippen molar-refractivity contribution in [1.29, 1.82) is 0 Å². The molecule has 4 rings (SSSR count). The summed E-state index contributed by atoms with van der Waals surface area (Å²) >= 11 is 0. The number of benzene rings is 3. The predicted octanol–water partition coefficient (Wildman–Crippen LogP) is 7.48. The molecule has 0 aromatic heterocycles. The minimum atomic E-state index is -0.561. The maximum atomic E-state index is 14.9. The SMILES string of the molecule is CCOC1CCC(OC(=O)c2ccc(-c3cc(F)c(C[C@H](C)c4ccccc4)c(F)c3)cc2)CC1. The molecule has 3 aromatic rings. The first kappa shape index (κ1) is 25.1. The van der Waals surface area contributed by atoms with Crippen molar-refractivity contribution in [2.24, 2.45) is 0 Å². The van der Waals surface area contributed by atoms with Gasteiger partial charge in [-0.15, -0.1) is 0 Å².